The van der Waals surface area contributed by atoms with Gasteiger partial charge < -0.3 is 15.5 Å². The van der Waals surface area contributed by atoms with E-state index in [9.17, 15) is 0 Å². The molecule has 0 amide bonds. The zero-order valence-electron chi connectivity index (χ0n) is 5.13. The molecule has 1 rings (SSSR count). The summed E-state index contributed by atoms with van der Waals surface area (Å²) < 4.78 is 0. The number of nitrogens with one attached hydrogen (secondary N) is 1. The van der Waals surface area contributed by atoms with Gasteiger partial charge in [-0.3, -0.25) is 0 Å². The fraction of sp³-hybridized carbons (Fsp3) is 1.00. The molecule has 1 aliphatic rings. The van der Waals surface area contributed by atoms with E-state index in [-0.39, 0.29) is 12.4 Å². The van der Waals surface area contributed by atoms with Gasteiger partial charge in [-0.1, -0.05) is 0 Å². The lowest BCUT2D eigenvalue weighted by molar-refractivity contribution is -0.169. The van der Waals surface area contributed by atoms with Crippen LogP contribution in [0.25, 0.3) is 0 Å². The lowest BCUT2D eigenvalue weighted by atomic mass is 10.1. The lowest BCUT2D eigenvalue weighted by Crippen LogP contribution is -2.45. The second-order valence-corrected chi connectivity index (χ2v) is 2.26. The smallest absolute Gasteiger partial charge is 0.175 e. The third-order valence-electron chi connectivity index (χ3n) is 1.34. The van der Waals surface area contributed by atoms with E-state index in [1.165, 1.54) is 0 Å². The van der Waals surface area contributed by atoms with Crippen LogP contribution in [0.5, 0.6) is 0 Å². The number of aliphatic hydroxyl groups is 2. The van der Waals surface area contributed by atoms with E-state index in [2.05, 4.69) is 5.32 Å². The van der Waals surface area contributed by atoms with Gasteiger partial charge in [0, 0.05) is 13.0 Å². The molecular weight excluding hydrogens is 142 g/mol. The molecule has 1 aliphatic heterocycles. The maximum absolute atomic E-state index is 8.87. The standard InChI is InChI=1S/C5H11NO2.ClH/c7-5(8)2-1-3-6-4-5;/h6-8H,1-4H2;1H. The summed E-state index contributed by atoms with van der Waals surface area (Å²) in [6.07, 6.45) is 1.35. The first-order chi connectivity index (χ1) is 3.71. The number of hydrogen-bond acceptors (Lipinski definition) is 3. The Hall–Kier alpha value is 0.170. The topological polar surface area (TPSA) is 52.5 Å². The minimum absolute atomic E-state index is 0. The molecule has 9 heavy (non-hydrogen) atoms. The van der Waals surface area contributed by atoms with Gasteiger partial charge in [0.1, 0.15) is 0 Å². The maximum Gasteiger partial charge on any atom is 0.175 e. The first-order valence-corrected chi connectivity index (χ1v) is 2.86. The zero-order valence-corrected chi connectivity index (χ0v) is 5.95. The van der Waals surface area contributed by atoms with Crippen LogP contribution in [0, 0.1) is 0 Å². The Kier molecular flexibility index (Phi) is 3.43. The van der Waals surface area contributed by atoms with Gasteiger partial charge in [-0.15, -0.1) is 12.4 Å². The minimum Gasteiger partial charge on any atom is -0.365 e. The quantitative estimate of drug-likeness (QED) is 0.411. The van der Waals surface area contributed by atoms with Crippen LogP contribution in [0.1, 0.15) is 12.8 Å². The van der Waals surface area contributed by atoms with Crippen molar-refractivity contribution < 1.29 is 10.2 Å². The fourth-order valence-corrected chi connectivity index (χ4v) is 0.873. The highest BCUT2D eigenvalue weighted by atomic mass is 35.5. The van der Waals surface area contributed by atoms with Crippen LogP contribution in [0.4, 0.5) is 0 Å². The number of halogens is 1. The molecule has 56 valence electrons. The minimum atomic E-state index is -1.43. The lowest BCUT2D eigenvalue weighted by Gasteiger charge is -2.26. The van der Waals surface area contributed by atoms with Crippen molar-refractivity contribution in [3.05, 3.63) is 0 Å². The van der Waals surface area contributed by atoms with E-state index in [0.717, 1.165) is 13.0 Å². The van der Waals surface area contributed by atoms with Gasteiger partial charge >= 0.3 is 0 Å². The van der Waals surface area contributed by atoms with Crippen molar-refractivity contribution in [2.75, 3.05) is 13.1 Å². The highest BCUT2D eigenvalue weighted by Crippen LogP contribution is 2.10. The highest BCUT2D eigenvalue weighted by molar-refractivity contribution is 5.85. The van der Waals surface area contributed by atoms with Crippen LogP contribution in [-0.4, -0.2) is 29.1 Å². The van der Waals surface area contributed by atoms with E-state index in [1.807, 2.05) is 0 Å². The van der Waals surface area contributed by atoms with Crippen molar-refractivity contribution in [1.29, 1.82) is 0 Å². The van der Waals surface area contributed by atoms with E-state index >= 15 is 0 Å². The van der Waals surface area contributed by atoms with E-state index < -0.39 is 5.79 Å². The Morgan fingerprint density at radius 1 is 1.33 bits per heavy atom. The molecule has 0 aromatic carbocycles. The Labute approximate surface area is 60.5 Å². The van der Waals surface area contributed by atoms with Crippen molar-refractivity contribution in [3.8, 4) is 0 Å². The van der Waals surface area contributed by atoms with Gasteiger partial charge in [0.2, 0.25) is 0 Å². The van der Waals surface area contributed by atoms with Gasteiger partial charge in [0.25, 0.3) is 0 Å². The number of β-amino-alcohol motifs (C(OH)–C–C–N with tert-alkyl or cyclic N) is 2. The van der Waals surface area contributed by atoms with Crippen LogP contribution in [0.3, 0.4) is 0 Å². The summed E-state index contributed by atoms with van der Waals surface area (Å²) in [7, 11) is 0. The normalized spacial score (nSPS) is 24.7. The molecule has 3 N–H and O–H groups in total. The number of rotatable bonds is 0. The predicted molar refractivity (Wildman–Crippen MR) is 36.5 cm³/mol. The van der Waals surface area contributed by atoms with E-state index in [0.29, 0.717) is 13.0 Å². The third kappa shape index (κ3) is 3.01. The molecule has 0 unspecified atom stereocenters. The molecule has 0 saturated carbocycles. The molecule has 3 nitrogen and oxygen atoms in total. The van der Waals surface area contributed by atoms with E-state index in [4.69, 9.17) is 10.2 Å². The van der Waals surface area contributed by atoms with Crippen molar-refractivity contribution in [3.63, 3.8) is 0 Å². The van der Waals surface area contributed by atoms with Crippen molar-refractivity contribution in [1.82, 2.24) is 5.32 Å². The first-order valence-electron chi connectivity index (χ1n) is 2.86. The van der Waals surface area contributed by atoms with Crippen LogP contribution < -0.4 is 5.32 Å². The molecule has 0 aliphatic carbocycles. The summed E-state index contributed by atoms with van der Waals surface area (Å²) >= 11 is 0. The third-order valence-corrected chi connectivity index (χ3v) is 1.34. The Bertz CT molecular complexity index is 79.0. The molecule has 0 aromatic rings. The largest absolute Gasteiger partial charge is 0.365 e. The van der Waals surface area contributed by atoms with Crippen LogP contribution in [-0.2, 0) is 0 Å². The highest BCUT2D eigenvalue weighted by Gasteiger charge is 2.24. The Balaban J connectivity index is 0.000000640. The monoisotopic (exact) mass is 153 g/mol. The molecule has 0 radical (unpaired) electrons. The molecule has 1 heterocycles. The average molecular weight is 154 g/mol. The van der Waals surface area contributed by atoms with Crippen LogP contribution in [0.15, 0.2) is 0 Å². The Morgan fingerprint density at radius 3 is 2.22 bits per heavy atom. The molecular formula is C5H12ClNO2. The summed E-state index contributed by atoms with van der Waals surface area (Å²) in [5.74, 6) is -1.43. The summed E-state index contributed by atoms with van der Waals surface area (Å²) in [4.78, 5) is 0. The van der Waals surface area contributed by atoms with Gasteiger partial charge in [-0.25, -0.2) is 0 Å². The van der Waals surface area contributed by atoms with Gasteiger partial charge in [0.15, 0.2) is 5.79 Å². The summed E-state index contributed by atoms with van der Waals surface area (Å²) in [5.41, 5.74) is 0. The summed E-state index contributed by atoms with van der Waals surface area (Å²) in [6, 6.07) is 0. The van der Waals surface area contributed by atoms with E-state index in [1.54, 1.807) is 0 Å². The van der Waals surface area contributed by atoms with Crippen LogP contribution >= 0.6 is 12.4 Å². The molecule has 4 heteroatoms. The fourth-order valence-electron chi connectivity index (χ4n) is 0.873. The van der Waals surface area contributed by atoms with Crippen molar-refractivity contribution in [2.45, 2.75) is 18.6 Å². The second kappa shape index (κ2) is 3.37. The molecule has 0 bridgehead atoms. The summed E-state index contributed by atoms with van der Waals surface area (Å²) in [5, 5.41) is 20.6. The first kappa shape index (κ1) is 9.17. The second-order valence-electron chi connectivity index (χ2n) is 2.26. The van der Waals surface area contributed by atoms with Gasteiger partial charge in [0.05, 0.1) is 0 Å². The molecule has 0 aromatic heterocycles. The molecule has 1 saturated heterocycles. The SMILES string of the molecule is Cl.OC1(O)CCCNC1. The predicted octanol–water partition coefficient (Wildman–Crippen LogP) is -0.528. The zero-order chi connectivity index (χ0) is 6.04. The molecule has 0 atom stereocenters. The molecule has 0 spiro atoms. The molecule has 1 fully saturated rings. The average Bonchev–Trinajstić information content (AvgIpc) is 1.65. The summed E-state index contributed by atoms with van der Waals surface area (Å²) in [6.45, 7) is 1.22. The number of hydrogen-bond donors (Lipinski definition) is 3. The maximum atomic E-state index is 8.87. The Morgan fingerprint density at radius 2 is 2.00 bits per heavy atom. The van der Waals surface area contributed by atoms with Crippen LogP contribution in [0.2, 0.25) is 0 Å². The van der Waals surface area contributed by atoms with Gasteiger partial charge in [-0.05, 0) is 13.0 Å². The van der Waals surface area contributed by atoms with Gasteiger partial charge in [-0.2, -0.15) is 0 Å². The number of piperidine rings is 1. The van der Waals surface area contributed by atoms with Crippen molar-refractivity contribution in [2.24, 2.45) is 0 Å². The van der Waals surface area contributed by atoms with Crippen molar-refractivity contribution >= 4 is 12.4 Å².